The van der Waals surface area contributed by atoms with E-state index in [9.17, 15) is 0 Å². The van der Waals surface area contributed by atoms with Crippen molar-refractivity contribution < 1.29 is 71.0 Å². The molecule has 0 bridgehead atoms. The summed E-state index contributed by atoms with van der Waals surface area (Å²) in [4.78, 5) is 0. The van der Waals surface area contributed by atoms with Gasteiger partial charge in [-0.05, 0) is 12.1 Å². The summed E-state index contributed by atoms with van der Waals surface area (Å²) in [5, 5.41) is 0. The maximum atomic E-state index is 4.46. The summed E-state index contributed by atoms with van der Waals surface area (Å²) in [6, 6.07) is 3.49. The van der Waals surface area contributed by atoms with Gasteiger partial charge in [-0.2, -0.15) is 0 Å². The van der Waals surface area contributed by atoms with E-state index in [-0.39, 0.29) is 66.6 Å². The van der Waals surface area contributed by atoms with Crippen molar-refractivity contribution in [2.45, 2.75) is 0 Å². The van der Waals surface area contributed by atoms with Crippen molar-refractivity contribution in [1.82, 2.24) is 0 Å². The summed E-state index contributed by atoms with van der Waals surface area (Å²) in [6.07, 6.45) is 4.06. The zero-order valence-electron chi connectivity index (χ0n) is 3.90. The van der Waals surface area contributed by atoms with Crippen molar-refractivity contribution in [3.63, 3.8) is 0 Å². The van der Waals surface area contributed by atoms with E-state index < -0.39 is 0 Å². The normalized spacial score (nSPS) is 5.00. The third-order valence-corrected chi connectivity index (χ3v) is 0.379. The molecule has 1 nitrogen and oxygen atoms in total. The van der Waals surface area contributed by atoms with E-state index in [4.69, 9.17) is 0 Å². The van der Waals surface area contributed by atoms with Gasteiger partial charge in [-0.1, -0.05) is 0 Å². The minimum Gasteiger partial charge on any atom is -1.00 e. The molecule has 0 N–H and O–H groups in total. The predicted octanol–water partition coefficient (Wildman–Crippen LogP) is -4.91. The van der Waals surface area contributed by atoms with E-state index in [1.54, 1.807) is 18.4 Å². The molecule has 1 aromatic rings. The molecule has 0 aliphatic carbocycles. The van der Waals surface area contributed by atoms with Crippen LogP contribution in [0.4, 0.5) is 0 Å². The van der Waals surface area contributed by atoms with Crippen LogP contribution in [-0.2, 0) is 0 Å². The minimum atomic E-state index is 0. The van der Waals surface area contributed by atoms with E-state index >= 15 is 0 Å². The van der Waals surface area contributed by atoms with Crippen molar-refractivity contribution in [2.75, 3.05) is 0 Å². The number of hydrogen-bond acceptors (Lipinski definition) is 1. The predicted molar refractivity (Wildman–Crippen MR) is 17.5 cm³/mol. The van der Waals surface area contributed by atoms with Crippen LogP contribution in [-0.4, -0.2) is 0 Å². The van der Waals surface area contributed by atoms with E-state index in [0.717, 1.165) is 0 Å². The number of furan rings is 1. The first-order valence-electron chi connectivity index (χ1n) is 1.40. The molecule has 0 unspecified atom stereocenters. The number of halogens is 2. The average molecular weight is 278 g/mol. The summed E-state index contributed by atoms with van der Waals surface area (Å²) < 4.78 is 4.46. The molecule has 0 aliphatic heterocycles. The van der Waals surface area contributed by atoms with E-state index in [1.807, 2.05) is 0 Å². The Morgan fingerprint density at radius 1 is 1.25 bits per heavy atom. The Morgan fingerprint density at radius 2 is 1.88 bits per heavy atom. The molecule has 0 saturated heterocycles. The topological polar surface area (TPSA) is 13.1 Å². The molecule has 1 rings (SSSR count). The molecule has 1 aromatic heterocycles. The second-order valence-corrected chi connectivity index (χ2v) is 0.731. The molecular formula is C4H3CeCl2O-2. The largest absolute Gasteiger partial charge is 1.00 e. The quantitative estimate of drug-likeness (QED) is 0.464. The standard InChI is InChI=1S/C4H3O.Ce.2ClH/c1-2-4-5-3-1;;;/h1-3H;;2*1H/p-2. The molecule has 8 heavy (non-hydrogen) atoms. The summed E-state index contributed by atoms with van der Waals surface area (Å²) in [5.41, 5.74) is 0. The Balaban J connectivity index is -0.0000000833. The van der Waals surface area contributed by atoms with Crippen LogP contribution in [0.1, 0.15) is 0 Å². The van der Waals surface area contributed by atoms with Gasteiger partial charge in [-0.25, -0.2) is 0 Å². The molecule has 0 saturated carbocycles. The fourth-order valence-corrected chi connectivity index (χ4v) is 0.196. The fourth-order valence-electron chi connectivity index (χ4n) is 0.196. The first kappa shape index (κ1) is 16.1. The molecule has 45 valence electrons. The van der Waals surface area contributed by atoms with Crippen molar-refractivity contribution in [3.8, 4) is 0 Å². The van der Waals surface area contributed by atoms with Crippen LogP contribution in [0.5, 0.6) is 0 Å². The minimum absolute atomic E-state index is 0. The van der Waals surface area contributed by atoms with Gasteiger partial charge in [0.25, 0.3) is 0 Å². The van der Waals surface area contributed by atoms with Crippen LogP contribution < -0.4 is 24.8 Å². The molecule has 0 aromatic carbocycles. The molecule has 0 fully saturated rings. The maximum absolute atomic E-state index is 4.46. The van der Waals surface area contributed by atoms with Crippen LogP contribution in [0.3, 0.4) is 0 Å². The first-order valence-corrected chi connectivity index (χ1v) is 1.40. The van der Waals surface area contributed by atoms with Crippen LogP contribution >= 0.6 is 0 Å². The molecule has 1 heterocycles. The molecule has 4 heteroatoms. The van der Waals surface area contributed by atoms with Crippen molar-refractivity contribution in [1.29, 1.82) is 0 Å². The zero-order valence-corrected chi connectivity index (χ0v) is 8.55. The van der Waals surface area contributed by atoms with Gasteiger partial charge in [0.15, 0.2) is 6.26 Å². The summed E-state index contributed by atoms with van der Waals surface area (Å²) in [7, 11) is 0. The molecule has 0 amide bonds. The van der Waals surface area contributed by atoms with E-state index in [2.05, 4.69) is 10.7 Å². The van der Waals surface area contributed by atoms with Gasteiger partial charge in [0.2, 0.25) is 0 Å². The number of rotatable bonds is 0. The van der Waals surface area contributed by atoms with Crippen LogP contribution in [0.25, 0.3) is 0 Å². The molecule has 1 radical (unpaired) electrons. The van der Waals surface area contributed by atoms with Gasteiger partial charge in [-0.15, -0.1) is 0 Å². The Kier molecular flexibility index (Phi) is 22.3. The van der Waals surface area contributed by atoms with Crippen molar-refractivity contribution in [3.05, 3.63) is 24.7 Å². The van der Waals surface area contributed by atoms with Gasteiger partial charge in [0.1, 0.15) is 0 Å². The van der Waals surface area contributed by atoms with Gasteiger partial charge >= 0.3 is 0 Å². The van der Waals surface area contributed by atoms with Crippen molar-refractivity contribution >= 4 is 0 Å². The van der Waals surface area contributed by atoms with E-state index in [1.165, 1.54) is 0 Å². The van der Waals surface area contributed by atoms with Gasteiger partial charge in [0.05, 0.1) is 6.26 Å². The number of hydrogen-bond donors (Lipinski definition) is 0. The summed E-state index contributed by atoms with van der Waals surface area (Å²) >= 11 is 0. The third kappa shape index (κ3) is 7.24. The first-order chi connectivity index (χ1) is 2.50. The maximum Gasteiger partial charge on any atom is 0.169 e. The SMILES string of the molecule is [Ce].[Cl-].[Cl-].[c]1ccco1. The fraction of sp³-hybridized carbons (Fsp3) is 0. The molecule has 0 spiro atoms. The Hall–Kier alpha value is 1.24. The summed E-state index contributed by atoms with van der Waals surface area (Å²) in [5.74, 6) is 0. The molecule has 0 atom stereocenters. The van der Waals surface area contributed by atoms with Gasteiger partial charge in [-0.3, -0.25) is 0 Å². The third-order valence-electron chi connectivity index (χ3n) is 0.379. The second-order valence-electron chi connectivity index (χ2n) is 0.731. The second kappa shape index (κ2) is 11.1. The Bertz CT molecular complexity index is 70.5. The van der Waals surface area contributed by atoms with Crippen LogP contribution in [0.2, 0.25) is 0 Å². The van der Waals surface area contributed by atoms with Gasteiger partial charge < -0.3 is 29.2 Å². The zero-order chi connectivity index (χ0) is 3.54. The van der Waals surface area contributed by atoms with Gasteiger partial charge in [0, 0.05) is 41.7 Å². The molecular weight excluding hydrogens is 275 g/mol. The Labute approximate surface area is 94.4 Å². The van der Waals surface area contributed by atoms with Crippen LogP contribution in [0.15, 0.2) is 22.8 Å². The smallest absolute Gasteiger partial charge is 0.169 e. The summed E-state index contributed by atoms with van der Waals surface area (Å²) in [6.45, 7) is 0. The van der Waals surface area contributed by atoms with Crippen molar-refractivity contribution in [2.24, 2.45) is 0 Å². The van der Waals surface area contributed by atoms with E-state index in [0.29, 0.717) is 0 Å². The van der Waals surface area contributed by atoms with Crippen LogP contribution in [0, 0.1) is 48.0 Å². The molecule has 0 aliphatic rings. The average Bonchev–Trinajstić information content (AvgIpc) is 1.76. The monoisotopic (exact) mass is 277 g/mol. The Morgan fingerprint density at radius 3 is 2.00 bits per heavy atom.